The Morgan fingerprint density at radius 2 is 1.70 bits per heavy atom. The van der Waals surface area contributed by atoms with Gasteiger partial charge in [0.1, 0.15) is 5.82 Å². The highest BCUT2D eigenvalue weighted by atomic mass is 19.1. The van der Waals surface area contributed by atoms with E-state index >= 15 is 0 Å². The van der Waals surface area contributed by atoms with Gasteiger partial charge in [0.2, 0.25) is 0 Å². The van der Waals surface area contributed by atoms with Gasteiger partial charge in [-0.2, -0.15) is 5.10 Å². The summed E-state index contributed by atoms with van der Waals surface area (Å²) in [4.78, 5) is 17.0. The van der Waals surface area contributed by atoms with Crippen molar-refractivity contribution in [3.8, 4) is 11.3 Å². The van der Waals surface area contributed by atoms with E-state index in [0.29, 0.717) is 12.1 Å². The summed E-state index contributed by atoms with van der Waals surface area (Å²) in [5, 5.41) is 6.87. The molecule has 0 radical (unpaired) electrons. The van der Waals surface area contributed by atoms with E-state index < -0.39 is 0 Å². The molecule has 0 spiro atoms. The number of amides is 1. The van der Waals surface area contributed by atoms with Crippen LogP contribution in [0.15, 0.2) is 60.8 Å². The summed E-state index contributed by atoms with van der Waals surface area (Å²) < 4.78 is 13.1. The minimum atomic E-state index is -0.232. The largest absolute Gasteiger partial charge is 0.370 e. The number of nitrogens with zero attached hydrogens (tertiary/aromatic N) is 3. The van der Waals surface area contributed by atoms with Crippen molar-refractivity contribution in [2.45, 2.75) is 6.42 Å². The summed E-state index contributed by atoms with van der Waals surface area (Å²) in [6.07, 6.45) is 2.59. The van der Waals surface area contributed by atoms with Gasteiger partial charge in [-0.1, -0.05) is 12.1 Å². The van der Waals surface area contributed by atoms with E-state index in [9.17, 15) is 9.18 Å². The number of carbonyl (C=O) groups is 1. The summed E-state index contributed by atoms with van der Waals surface area (Å²) in [7, 11) is 0. The molecule has 1 N–H and O–H groups in total. The fourth-order valence-corrected chi connectivity index (χ4v) is 3.42. The van der Waals surface area contributed by atoms with Crippen molar-refractivity contribution in [1.29, 1.82) is 0 Å². The van der Waals surface area contributed by atoms with E-state index in [4.69, 9.17) is 0 Å². The van der Waals surface area contributed by atoms with Crippen molar-refractivity contribution in [2.24, 2.45) is 0 Å². The first-order valence-electron chi connectivity index (χ1n) is 9.10. The smallest absolute Gasteiger partial charge is 0.253 e. The number of nitrogens with one attached hydrogen (secondary N) is 1. The zero-order valence-electron chi connectivity index (χ0n) is 14.9. The van der Waals surface area contributed by atoms with Crippen LogP contribution in [0.4, 0.5) is 10.1 Å². The van der Waals surface area contributed by atoms with Crippen LogP contribution in [0.25, 0.3) is 11.3 Å². The average molecular weight is 364 g/mol. The first-order valence-corrected chi connectivity index (χ1v) is 9.10. The SMILES string of the molecule is O=C(c1ccc(-c2ccn[nH]2)cc1)N1CCCN(c2ccc(F)cc2)CC1. The topological polar surface area (TPSA) is 52.2 Å². The lowest BCUT2D eigenvalue weighted by molar-refractivity contribution is 0.0767. The van der Waals surface area contributed by atoms with Crippen molar-refractivity contribution in [1.82, 2.24) is 15.1 Å². The highest BCUT2D eigenvalue weighted by Gasteiger charge is 2.20. The van der Waals surface area contributed by atoms with Gasteiger partial charge in [-0.05, 0) is 54.4 Å². The monoisotopic (exact) mass is 364 g/mol. The number of benzene rings is 2. The predicted octanol–water partition coefficient (Wildman–Crippen LogP) is 3.57. The maximum Gasteiger partial charge on any atom is 0.253 e. The van der Waals surface area contributed by atoms with Crippen LogP contribution in [0.5, 0.6) is 0 Å². The molecular formula is C21H21FN4O. The van der Waals surface area contributed by atoms with Crippen molar-refractivity contribution in [3.05, 3.63) is 72.2 Å². The van der Waals surface area contributed by atoms with Crippen molar-refractivity contribution >= 4 is 11.6 Å². The Morgan fingerprint density at radius 1 is 0.926 bits per heavy atom. The number of hydrogen-bond acceptors (Lipinski definition) is 3. The zero-order chi connectivity index (χ0) is 18.6. The van der Waals surface area contributed by atoms with Crippen LogP contribution in [0.1, 0.15) is 16.8 Å². The summed E-state index contributed by atoms with van der Waals surface area (Å²) in [5.74, 6) is -0.184. The summed E-state index contributed by atoms with van der Waals surface area (Å²) in [6, 6.07) is 16.0. The fourth-order valence-electron chi connectivity index (χ4n) is 3.42. The first-order chi connectivity index (χ1) is 13.2. The van der Waals surface area contributed by atoms with Gasteiger partial charge >= 0.3 is 0 Å². The van der Waals surface area contributed by atoms with Gasteiger partial charge in [0, 0.05) is 43.6 Å². The number of hydrogen-bond donors (Lipinski definition) is 1. The highest BCUT2D eigenvalue weighted by Crippen LogP contribution is 2.20. The number of aromatic nitrogens is 2. The van der Waals surface area contributed by atoms with Crippen molar-refractivity contribution < 1.29 is 9.18 Å². The van der Waals surface area contributed by atoms with Crippen LogP contribution in [0.3, 0.4) is 0 Å². The maximum atomic E-state index is 13.1. The van der Waals surface area contributed by atoms with E-state index in [1.165, 1.54) is 12.1 Å². The van der Waals surface area contributed by atoms with Gasteiger partial charge in [0.05, 0.1) is 5.69 Å². The van der Waals surface area contributed by atoms with Gasteiger partial charge in [-0.15, -0.1) is 0 Å². The Morgan fingerprint density at radius 3 is 2.41 bits per heavy atom. The van der Waals surface area contributed by atoms with E-state index in [0.717, 1.165) is 43.0 Å². The van der Waals surface area contributed by atoms with E-state index in [1.807, 2.05) is 35.2 Å². The number of H-pyrrole nitrogens is 1. The minimum absolute atomic E-state index is 0.0483. The summed E-state index contributed by atoms with van der Waals surface area (Å²) in [5.41, 5.74) is 3.62. The Hall–Kier alpha value is -3.15. The van der Waals surface area contributed by atoms with E-state index in [-0.39, 0.29) is 11.7 Å². The summed E-state index contributed by atoms with van der Waals surface area (Å²) in [6.45, 7) is 2.97. The lowest BCUT2D eigenvalue weighted by atomic mass is 10.1. The number of halogens is 1. The lowest BCUT2D eigenvalue weighted by Gasteiger charge is -2.23. The van der Waals surface area contributed by atoms with Crippen LogP contribution < -0.4 is 4.90 Å². The Kier molecular flexibility index (Phi) is 4.87. The third-order valence-electron chi connectivity index (χ3n) is 4.92. The standard InChI is InChI=1S/C21H21FN4O/c22-18-6-8-19(9-7-18)25-12-1-13-26(15-14-25)21(27)17-4-2-16(3-5-17)20-10-11-23-24-20/h2-11H,1,12-15H2,(H,23,24). The molecule has 0 bridgehead atoms. The Labute approximate surface area is 157 Å². The van der Waals surface area contributed by atoms with Gasteiger partial charge in [0.15, 0.2) is 0 Å². The van der Waals surface area contributed by atoms with Crippen LogP contribution in [0, 0.1) is 5.82 Å². The van der Waals surface area contributed by atoms with Gasteiger partial charge in [-0.25, -0.2) is 4.39 Å². The molecule has 138 valence electrons. The zero-order valence-corrected chi connectivity index (χ0v) is 14.9. The molecule has 3 aromatic rings. The summed E-state index contributed by atoms with van der Waals surface area (Å²) >= 11 is 0. The molecular weight excluding hydrogens is 343 g/mol. The third-order valence-corrected chi connectivity index (χ3v) is 4.92. The van der Waals surface area contributed by atoms with Crippen molar-refractivity contribution in [2.75, 3.05) is 31.1 Å². The molecule has 2 heterocycles. The predicted molar refractivity (Wildman–Crippen MR) is 103 cm³/mol. The fraction of sp³-hybridized carbons (Fsp3) is 0.238. The molecule has 4 rings (SSSR count). The molecule has 1 fully saturated rings. The van der Waals surface area contributed by atoms with Crippen molar-refractivity contribution in [3.63, 3.8) is 0 Å². The number of carbonyl (C=O) groups excluding carboxylic acids is 1. The van der Waals surface area contributed by atoms with E-state index in [2.05, 4.69) is 15.1 Å². The molecule has 1 aromatic heterocycles. The van der Waals surface area contributed by atoms with Crippen LogP contribution in [-0.2, 0) is 0 Å². The molecule has 0 atom stereocenters. The molecule has 0 saturated carbocycles. The molecule has 1 saturated heterocycles. The second kappa shape index (κ2) is 7.61. The second-order valence-electron chi connectivity index (χ2n) is 6.66. The number of rotatable bonds is 3. The normalized spacial score (nSPS) is 14.9. The van der Waals surface area contributed by atoms with Crippen LogP contribution in [-0.4, -0.2) is 47.2 Å². The third kappa shape index (κ3) is 3.84. The molecule has 2 aromatic carbocycles. The van der Waals surface area contributed by atoms with Crippen LogP contribution >= 0.6 is 0 Å². The molecule has 1 aliphatic heterocycles. The van der Waals surface area contributed by atoms with E-state index in [1.54, 1.807) is 18.3 Å². The minimum Gasteiger partial charge on any atom is -0.370 e. The second-order valence-corrected chi connectivity index (χ2v) is 6.66. The van der Waals surface area contributed by atoms with Crippen LogP contribution in [0.2, 0.25) is 0 Å². The number of anilines is 1. The van der Waals surface area contributed by atoms with Gasteiger partial charge < -0.3 is 9.80 Å². The van der Waals surface area contributed by atoms with Gasteiger partial charge in [-0.3, -0.25) is 9.89 Å². The molecule has 1 amide bonds. The molecule has 0 unspecified atom stereocenters. The first kappa shape index (κ1) is 17.3. The molecule has 6 heteroatoms. The average Bonchev–Trinajstić information content (AvgIpc) is 3.13. The quantitative estimate of drug-likeness (QED) is 0.773. The molecule has 5 nitrogen and oxygen atoms in total. The van der Waals surface area contributed by atoms with Gasteiger partial charge in [0.25, 0.3) is 5.91 Å². The molecule has 1 aliphatic rings. The molecule has 0 aliphatic carbocycles. The number of aromatic amines is 1. The lowest BCUT2D eigenvalue weighted by Crippen LogP contribution is -2.35. The Balaban J connectivity index is 1.42. The highest BCUT2D eigenvalue weighted by molar-refractivity contribution is 5.94. The Bertz CT molecular complexity index is 891. The molecule has 27 heavy (non-hydrogen) atoms. The maximum absolute atomic E-state index is 13.1.